The van der Waals surface area contributed by atoms with Crippen molar-refractivity contribution in [1.82, 2.24) is 0 Å². The minimum atomic E-state index is -5.13. The molecular formula is C14H7BrFNO4S. The standard InChI is InChI=1S/C14H7BrFNO4S/c15-8-5-9(22(16,20)21)12(17)11-10(8)13(18)6-3-1-2-4-7(6)14(11)19/h1-5H,17H2. The largest absolute Gasteiger partial charge is 0.397 e. The summed E-state index contributed by atoms with van der Waals surface area (Å²) in [5.74, 6) is -1.10. The average Bonchev–Trinajstić information content (AvgIpc) is 2.45. The lowest BCUT2D eigenvalue weighted by molar-refractivity contribution is 0.0979. The lowest BCUT2D eigenvalue weighted by atomic mass is 9.83. The molecule has 0 unspecified atom stereocenters. The van der Waals surface area contributed by atoms with Gasteiger partial charge in [0.25, 0.3) is 0 Å². The van der Waals surface area contributed by atoms with Crippen molar-refractivity contribution in [1.29, 1.82) is 0 Å². The number of ketones is 2. The number of carbonyl (C=O) groups is 2. The summed E-state index contributed by atoms with van der Waals surface area (Å²) in [5.41, 5.74) is 5.03. The SMILES string of the molecule is Nc1c(S(=O)(=O)F)cc(Br)c2c1C(=O)c1ccccc1C2=O. The van der Waals surface area contributed by atoms with Crippen LogP contribution in [0.4, 0.5) is 9.57 Å². The van der Waals surface area contributed by atoms with Gasteiger partial charge in [-0.1, -0.05) is 24.3 Å². The number of carbonyl (C=O) groups excluding carboxylic acids is 2. The van der Waals surface area contributed by atoms with Crippen molar-refractivity contribution in [2.45, 2.75) is 4.90 Å². The van der Waals surface area contributed by atoms with Crippen LogP contribution in [0.5, 0.6) is 0 Å². The molecule has 3 rings (SSSR count). The molecule has 0 aliphatic heterocycles. The van der Waals surface area contributed by atoms with Gasteiger partial charge in [-0.25, -0.2) is 0 Å². The van der Waals surface area contributed by atoms with E-state index < -0.39 is 32.4 Å². The Hall–Kier alpha value is -2.06. The molecule has 2 aromatic rings. The van der Waals surface area contributed by atoms with Crippen molar-refractivity contribution >= 4 is 43.4 Å². The number of hydrogen-bond acceptors (Lipinski definition) is 5. The molecule has 8 heteroatoms. The van der Waals surface area contributed by atoms with E-state index in [9.17, 15) is 21.9 Å². The Morgan fingerprint density at radius 2 is 1.50 bits per heavy atom. The van der Waals surface area contributed by atoms with E-state index in [2.05, 4.69) is 15.9 Å². The molecular weight excluding hydrogens is 377 g/mol. The minimum Gasteiger partial charge on any atom is -0.397 e. The summed E-state index contributed by atoms with van der Waals surface area (Å²) in [6, 6.07) is 6.98. The molecule has 0 spiro atoms. The molecule has 0 amide bonds. The van der Waals surface area contributed by atoms with Crippen molar-refractivity contribution < 1.29 is 21.9 Å². The van der Waals surface area contributed by atoms with Crippen LogP contribution in [-0.2, 0) is 10.2 Å². The quantitative estimate of drug-likeness (QED) is 0.514. The molecule has 5 nitrogen and oxygen atoms in total. The third-order valence-corrected chi connectivity index (χ3v) is 4.90. The van der Waals surface area contributed by atoms with Crippen LogP contribution in [-0.4, -0.2) is 20.0 Å². The van der Waals surface area contributed by atoms with E-state index in [1.54, 1.807) is 12.1 Å². The van der Waals surface area contributed by atoms with Crippen LogP contribution in [0.2, 0.25) is 0 Å². The number of halogens is 2. The Bertz CT molecular complexity index is 969. The first-order valence-corrected chi connectivity index (χ1v) is 8.16. The van der Waals surface area contributed by atoms with Crippen molar-refractivity contribution in [2.75, 3.05) is 5.73 Å². The van der Waals surface area contributed by atoms with Gasteiger partial charge in [0, 0.05) is 15.6 Å². The topological polar surface area (TPSA) is 94.3 Å². The van der Waals surface area contributed by atoms with Crippen LogP contribution in [0, 0.1) is 0 Å². The van der Waals surface area contributed by atoms with Gasteiger partial charge in [-0.3, -0.25) is 9.59 Å². The lowest BCUT2D eigenvalue weighted by Gasteiger charge is -2.21. The predicted octanol–water partition coefficient (Wildman–Crippen LogP) is 2.46. The normalized spacial score (nSPS) is 13.7. The second-order valence-electron chi connectivity index (χ2n) is 4.66. The summed E-state index contributed by atoms with van der Waals surface area (Å²) >= 11 is 3.02. The third-order valence-electron chi connectivity index (χ3n) is 3.41. The summed E-state index contributed by atoms with van der Waals surface area (Å²) in [4.78, 5) is 24.2. The van der Waals surface area contributed by atoms with Gasteiger partial charge in [-0.2, -0.15) is 8.42 Å². The summed E-state index contributed by atoms with van der Waals surface area (Å²) in [7, 11) is -5.13. The van der Waals surface area contributed by atoms with Crippen LogP contribution in [0.25, 0.3) is 0 Å². The van der Waals surface area contributed by atoms with Gasteiger partial charge < -0.3 is 5.73 Å². The molecule has 0 fully saturated rings. The van der Waals surface area contributed by atoms with Gasteiger partial charge >= 0.3 is 10.2 Å². The molecule has 112 valence electrons. The van der Waals surface area contributed by atoms with Gasteiger partial charge in [-0.15, -0.1) is 3.89 Å². The molecule has 22 heavy (non-hydrogen) atoms. The number of nitrogens with two attached hydrogens (primary N) is 1. The maximum atomic E-state index is 13.3. The maximum absolute atomic E-state index is 13.3. The minimum absolute atomic E-state index is 0.000720. The van der Waals surface area contributed by atoms with Crippen LogP contribution < -0.4 is 5.73 Å². The fourth-order valence-corrected chi connectivity index (χ4v) is 3.83. The molecule has 0 bridgehead atoms. The number of rotatable bonds is 1. The van der Waals surface area contributed by atoms with E-state index in [4.69, 9.17) is 5.73 Å². The smallest absolute Gasteiger partial charge is 0.334 e. The number of hydrogen-bond donors (Lipinski definition) is 1. The summed E-state index contributed by atoms with van der Waals surface area (Å²) < 4.78 is 35.7. The highest BCUT2D eigenvalue weighted by Crippen LogP contribution is 2.39. The zero-order chi connectivity index (χ0) is 16.2. The van der Waals surface area contributed by atoms with Crippen molar-refractivity contribution in [3.63, 3.8) is 0 Å². The van der Waals surface area contributed by atoms with Gasteiger partial charge in [0.1, 0.15) is 4.90 Å². The molecule has 2 aromatic carbocycles. The predicted molar refractivity (Wildman–Crippen MR) is 80.2 cm³/mol. The highest BCUT2D eigenvalue weighted by Gasteiger charge is 2.35. The van der Waals surface area contributed by atoms with Crippen molar-refractivity contribution in [2.24, 2.45) is 0 Å². The van der Waals surface area contributed by atoms with Crippen LogP contribution >= 0.6 is 15.9 Å². The second kappa shape index (κ2) is 4.72. The zero-order valence-corrected chi connectivity index (χ0v) is 13.2. The van der Waals surface area contributed by atoms with Crippen LogP contribution in [0.3, 0.4) is 0 Å². The molecule has 1 aliphatic rings. The molecule has 0 saturated carbocycles. The van der Waals surface area contributed by atoms with Gasteiger partial charge in [-0.05, 0) is 22.0 Å². The molecule has 1 aliphatic carbocycles. The fourth-order valence-electron chi connectivity index (χ4n) is 2.45. The summed E-state index contributed by atoms with van der Waals surface area (Å²) in [6.45, 7) is 0. The summed E-state index contributed by atoms with van der Waals surface area (Å²) in [5, 5.41) is 0. The maximum Gasteiger partial charge on any atom is 0.334 e. The van der Waals surface area contributed by atoms with Crippen molar-refractivity contribution in [3.8, 4) is 0 Å². The Morgan fingerprint density at radius 1 is 1.00 bits per heavy atom. The highest BCUT2D eigenvalue weighted by atomic mass is 79.9. The first kappa shape index (κ1) is 14.9. The van der Waals surface area contributed by atoms with Gasteiger partial charge in [0.2, 0.25) is 0 Å². The monoisotopic (exact) mass is 383 g/mol. The van der Waals surface area contributed by atoms with E-state index in [1.807, 2.05) is 0 Å². The molecule has 0 aromatic heterocycles. The highest BCUT2D eigenvalue weighted by molar-refractivity contribution is 9.10. The van der Waals surface area contributed by atoms with E-state index in [0.29, 0.717) is 0 Å². The Balaban J connectivity index is 2.44. The van der Waals surface area contributed by atoms with E-state index in [-0.39, 0.29) is 26.7 Å². The van der Waals surface area contributed by atoms with Gasteiger partial charge in [0.05, 0.1) is 16.8 Å². The third kappa shape index (κ3) is 1.98. The number of nitrogen functional groups attached to an aromatic ring is 1. The number of anilines is 1. The van der Waals surface area contributed by atoms with E-state index in [0.717, 1.165) is 6.07 Å². The Morgan fingerprint density at radius 3 is 2.00 bits per heavy atom. The first-order valence-electron chi connectivity index (χ1n) is 5.98. The number of benzene rings is 2. The van der Waals surface area contributed by atoms with Crippen LogP contribution in [0.1, 0.15) is 31.8 Å². The molecule has 0 radical (unpaired) electrons. The number of fused-ring (bicyclic) bond motifs is 2. The van der Waals surface area contributed by atoms with E-state index in [1.165, 1.54) is 12.1 Å². The summed E-state index contributed by atoms with van der Waals surface area (Å²) in [6.07, 6.45) is 0. The molecule has 0 atom stereocenters. The average molecular weight is 384 g/mol. The Labute approximate surface area is 133 Å². The Kier molecular flexibility index (Phi) is 3.19. The first-order chi connectivity index (χ1) is 10.2. The van der Waals surface area contributed by atoms with Crippen LogP contribution in [0.15, 0.2) is 39.7 Å². The lowest BCUT2D eigenvalue weighted by Crippen LogP contribution is -2.24. The van der Waals surface area contributed by atoms with Gasteiger partial charge in [0.15, 0.2) is 11.6 Å². The second-order valence-corrected chi connectivity index (χ2v) is 6.83. The van der Waals surface area contributed by atoms with E-state index >= 15 is 0 Å². The molecule has 2 N–H and O–H groups in total. The fraction of sp³-hybridized carbons (Fsp3) is 0. The van der Waals surface area contributed by atoms with Crippen molar-refractivity contribution in [3.05, 3.63) is 57.1 Å². The zero-order valence-electron chi connectivity index (χ0n) is 10.8. The molecule has 0 saturated heterocycles. The molecule has 0 heterocycles.